The van der Waals surface area contributed by atoms with Crippen LogP contribution in [0.15, 0.2) is 38.8 Å². The van der Waals surface area contributed by atoms with Crippen molar-refractivity contribution in [2.45, 2.75) is 5.88 Å². The molecule has 0 bridgehead atoms. The first-order valence-corrected chi connectivity index (χ1v) is 6.04. The van der Waals surface area contributed by atoms with Crippen LogP contribution in [0.4, 0.5) is 5.69 Å². The molecule has 8 nitrogen and oxygen atoms in total. The van der Waals surface area contributed by atoms with Gasteiger partial charge < -0.3 is 21.7 Å². The second kappa shape index (κ2) is 6.02. The van der Waals surface area contributed by atoms with Gasteiger partial charge in [0.25, 0.3) is 0 Å². The molecule has 104 valence electrons. The van der Waals surface area contributed by atoms with Gasteiger partial charge in [0.15, 0.2) is 5.96 Å². The molecule has 20 heavy (non-hydrogen) atoms. The summed E-state index contributed by atoms with van der Waals surface area (Å²) in [4.78, 5) is 11.8. The zero-order chi connectivity index (χ0) is 14.5. The molecule has 0 saturated carbocycles. The van der Waals surface area contributed by atoms with Crippen LogP contribution in [-0.2, 0) is 5.88 Å². The monoisotopic (exact) mass is 293 g/mol. The first-order chi connectivity index (χ1) is 9.58. The van der Waals surface area contributed by atoms with Crippen LogP contribution in [0.25, 0.3) is 11.4 Å². The van der Waals surface area contributed by atoms with Crippen LogP contribution in [0.2, 0.25) is 0 Å². The van der Waals surface area contributed by atoms with Crippen molar-refractivity contribution in [2.75, 3.05) is 0 Å². The van der Waals surface area contributed by atoms with E-state index >= 15 is 0 Å². The van der Waals surface area contributed by atoms with E-state index < -0.39 is 0 Å². The summed E-state index contributed by atoms with van der Waals surface area (Å²) in [6.45, 7) is 0. The lowest BCUT2D eigenvalue weighted by Gasteiger charge is -1.98. The first-order valence-electron chi connectivity index (χ1n) is 5.51. The molecule has 1 heterocycles. The van der Waals surface area contributed by atoms with Crippen LogP contribution >= 0.6 is 11.6 Å². The Hall–Kier alpha value is -2.61. The van der Waals surface area contributed by atoms with Crippen LogP contribution in [0.1, 0.15) is 5.89 Å². The van der Waals surface area contributed by atoms with Crippen molar-refractivity contribution in [2.24, 2.45) is 27.2 Å². The Morgan fingerprint density at radius 1 is 1.30 bits per heavy atom. The Kier molecular flexibility index (Phi) is 4.16. The number of halogens is 1. The van der Waals surface area contributed by atoms with Crippen molar-refractivity contribution in [3.63, 3.8) is 0 Å². The molecule has 0 amide bonds. The van der Waals surface area contributed by atoms with Crippen LogP contribution in [0.5, 0.6) is 0 Å². The molecule has 0 unspecified atom stereocenters. The number of benzene rings is 1. The van der Waals surface area contributed by atoms with Crippen LogP contribution in [0, 0.1) is 0 Å². The standard InChI is InChI=1S/C11H12ClN7O/c12-5-8-17-9(19-20-8)6-2-1-3-7(4-6)16-11(15)18-10(13)14/h1-4H,5H2,(H6,13,14,15,16,18). The van der Waals surface area contributed by atoms with Gasteiger partial charge >= 0.3 is 0 Å². The van der Waals surface area contributed by atoms with Crippen molar-refractivity contribution >= 4 is 29.2 Å². The lowest BCUT2D eigenvalue weighted by molar-refractivity contribution is 0.391. The van der Waals surface area contributed by atoms with Gasteiger partial charge in [-0.1, -0.05) is 17.3 Å². The Morgan fingerprint density at radius 3 is 2.75 bits per heavy atom. The van der Waals surface area contributed by atoms with Crippen molar-refractivity contribution < 1.29 is 4.52 Å². The number of rotatable bonds is 3. The van der Waals surface area contributed by atoms with E-state index in [1.165, 1.54) is 0 Å². The summed E-state index contributed by atoms with van der Waals surface area (Å²) in [6, 6.07) is 7.03. The van der Waals surface area contributed by atoms with Gasteiger partial charge in [0.1, 0.15) is 5.88 Å². The number of alkyl halides is 1. The molecule has 2 aromatic rings. The average molecular weight is 294 g/mol. The van der Waals surface area contributed by atoms with Gasteiger partial charge in [0.05, 0.1) is 5.69 Å². The predicted molar refractivity (Wildman–Crippen MR) is 76.4 cm³/mol. The molecule has 0 aliphatic heterocycles. The summed E-state index contributed by atoms with van der Waals surface area (Å²) in [5.41, 5.74) is 17.2. The predicted octanol–water partition coefficient (Wildman–Crippen LogP) is 0.695. The maximum Gasteiger partial charge on any atom is 0.241 e. The average Bonchev–Trinajstić information content (AvgIpc) is 2.86. The highest BCUT2D eigenvalue weighted by Gasteiger charge is 2.08. The summed E-state index contributed by atoms with van der Waals surface area (Å²) in [5.74, 6) is 0.709. The summed E-state index contributed by atoms with van der Waals surface area (Å²) in [6.07, 6.45) is 0. The van der Waals surface area contributed by atoms with E-state index in [0.29, 0.717) is 23.0 Å². The molecule has 2 rings (SSSR count). The van der Waals surface area contributed by atoms with Gasteiger partial charge in [0.2, 0.25) is 17.7 Å². The number of hydrogen-bond donors (Lipinski definition) is 3. The van der Waals surface area contributed by atoms with Crippen molar-refractivity contribution in [3.8, 4) is 11.4 Å². The highest BCUT2D eigenvalue weighted by atomic mass is 35.5. The maximum atomic E-state index is 5.60. The Labute approximate surface area is 119 Å². The zero-order valence-electron chi connectivity index (χ0n) is 10.3. The largest absolute Gasteiger partial charge is 0.370 e. The summed E-state index contributed by atoms with van der Waals surface area (Å²) in [7, 11) is 0. The number of nitrogens with zero attached hydrogens (tertiary/aromatic N) is 4. The van der Waals surface area contributed by atoms with Crippen molar-refractivity contribution in [1.29, 1.82) is 0 Å². The Bertz CT molecular complexity index is 660. The highest BCUT2D eigenvalue weighted by molar-refractivity contribution is 6.16. The second-order valence-corrected chi connectivity index (χ2v) is 3.97. The Morgan fingerprint density at radius 2 is 2.10 bits per heavy atom. The van der Waals surface area contributed by atoms with Crippen LogP contribution in [0.3, 0.4) is 0 Å². The third kappa shape index (κ3) is 3.45. The molecule has 9 heteroatoms. The molecule has 1 aromatic heterocycles. The molecule has 1 aromatic carbocycles. The molecule has 0 atom stereocenters. The molecule has 0 fully saturated rings. The molecular formula is C11H12ClN7O. The second-order valence-electron chi connectivity index (χ2n) is 3.70. The molecule has 0 aliphatic rings. The fourth-order valence-corrected chi connectivity index (χ4v) is 1.54. The molecule has 0 radical (unpaired) electrons. The van der Waals surface area contributed by atoms with Crippen LogP contribution in [-0.4, -0.2) is 22.1 Å². The lowest BCUT2D eigenvalue weighted by atomic mass is 10.2. The highest BCUT2D eigenvalue weighted by Crippen LogP contribution is 2.22. The number of hydrogen-bond acceptors (Lipinski definition) is 4. The molecule has 0 aliphatic carbocycles. The van der Waals surface area contributed by atoms with E-state index in [1.807, 2.05) is 0 Å². The fourth-order valence-electron chi connectivity index (χ4n) is 1.43. The van der Waals surface area contributed by atoms with E-state index in [-0.39, 0.29) is 17.8 Å². The SMILES string of the molecule is NC(N)=NC(N)=Nc1cccc(-c2noc(CCl)n2)c1. The third-order valence-electron chi connectivity index (χ3n) is 2.17. The van der Waals surface area contributed by atoms with Gasteiger partial charge in [-0.3, -0.25) is 0 Å². The minimum atomic E-state index is -0.160. The van der Waals surface area contributed by atoms with Gasteiger partial charge in [-0.2, -0.15) is 9.98 Å². The fraction of sp³-hybridized carbons (Fsp3) is 0.0909. The zero-order valence-corrected chi connectivity index (χ0v) is 11.1. The van der Waals surface area contributed by atoms with E-state index in [4.69, 9.17) is 33.3 Å². The minimum Gasteiger partial charge on any atom is -0.370 e. The van der Waals surface area contributed by atoms with Gasteiger partial charge in [0, 0.05) is 5.56 Å². The maximum absolute atomic E-state index is 5.60. The topological polar surface area (TPSA) is 142 Å². The molecule has 6 N–H and O–H groups in total. The number of aromatic nitrogens is 2. The quantitative estimate of drug-likeness (QED) is 0.432. The smallest absolute Gasteiger partial charge is 0.241 e. The third-order valence-corrected chi connectivity index (χ3v) is 2.40. The number of guanidine groups is 2. The molecule has 0 saturated heterocycles. The van der Waals surface area contributed by atoms with E-state index in [2.05, 4.69) is 20.1 Å². The minimum absolute atomic E-state index is 0.0447. The molecule has 0 spiro atoms. The van der Waals surface area contributed by atoms with Crippen molar-refractivity contribution in [3.05, 3.63) is 30.2 Å². The van der Waals surface area contributed by atoms with Crippen LogP contribution < -0.4 is 17.2 Å². The van der Waals surface area contributed by atoms with Gasteiger partial charge in [-0.15, -0.1) is 11.6 Å². The summed E-state index contributed by atoms with van der Waals surface area (Å²) >= 11 is 5.60. The van der Waals surface area contributed by atoms with E-state index in [0.717, 1.165) is 0 Å². The first kappa shape index (κ1) is 13.8. The van der Waals surface area contributed by atoms with E-state index in [9.17, 15) is 0 Å². The lowest BCUT2D eigenvalue weighted by Crippen LogP contribution is -2.26. The number of nitrogens with two attached hydrogens (primary N) is 3. The molecular weight excluding hydrogens is 282 g/mol. The summed E-state index contributed by atoms with van der Waals surface area (Å²) in [5, 5.41) is 3.81. The van der Waals surface area contributed by atoms with E-state index in [1.54, 1.807) is 24.3 Å². The van der Waals surface area contributed by atoms with Gasteiger partial charge in [-0.05, 0) is 12.1 Å². The number of aliphatic imine (C=N–C) groups is 2. The Balaban J connectivity index is 2.30. The van der Waals surface area contributed by atoms with Gasteiger partial charge in [-0.25, -0.2) is 4.99 Å². The summed E-state index contributed by atoms with van der Waals surface area (Å²) < 4.78 is 4.93. The van der Waals surface area contributed by atoms with Crippen molar-refractivity contribution in [1.82, 2.24) is 10.1 Å². The normalized spacial score (nSPS) is 11.3.